The zero-order valence-electron chi connectivity index (χ0n) is 9.44. The van der Waals surface area contributed by atoms with Crippen LogP contribution in [0.4, 0.5) is 5.69 Å². The molecule has 1 fully saturated rings. The van der Waals surface area contributed by atoms with Gasteiger partial charge in [-0.3, -0.25) is 4.98 Å². The van der Waals surface area contributed by atoms with Crippen LogP contribution in [0, 0.1) is 0 Å². The number of nitrogens with one attached hydrogen (secondary N) is 1. The topological polar surface area (TPSA) is 28.2 Å². The van der Waals surface area contributed by atoms with Crippen LogP contribution in [0.3, 0.4) is 0 Å². The number of nitrogens with zero attached hydrogens (tertiary/aromatic N) is 2. The number of halogens is 1. The molecule has 0 radical (unpaired) electrons. The predicted molar refractivity (Wildman–Crippen MR) is 79.8 cm³/mol. The molecule has 3 nitrogen and oxygen atoms in total. The fourth-order valence-corrected chi connectivity index (χ4v) is 3.09. The first kappa shape index (κ1) is 11.2. The standard InChI is InChI=1S/C13H14IN3/c14-13-9-17(7-6-16-13)12-3-1-2-10-8-15-5-4-11(10)12/h1-5,8,13,16H,6-7,9H2. The van der Waals surface area contributed by atoms with Crippen molar-refractivity contribution in [1.82, 2.24) is 10.3 Å². The Kier molecular flexibility index (Phi) is 3.15. The van der Waals surface area contributed by atoms with E-state index in [1.807, 2.05) is 12.4 Å². The molecule has 1 aliphatic rings. The number of benzene rings is 1. The van der Waals surface area contributed by atoms with Crippen molar-refractivity contribution in [3.8, 4) is 0 Å². The van der Waals surface area contributed by atoms with Gasteiger partial charge >= 0.3 is 0 Å². The maximum absolute atomic E-state index is 4.18. The van der Waals surface area contributed by atoms with Gasteiger partial charge in [0.2, 0.25) is 0 Å². The molecule has 0 spiro atoms. The number of hydrogen-bond acceptors (Lipinski definition) is 3. The number of hydrogen-bond donors (Lipinski definition) is 1. The van der Waals surface area contributed by atoms with Gasteiger partial charge in [0.05, 0.1) is 4.05 Å². The summed E-state index contributed by atoms with van der Waals surface area (Å²) in [6, 6.07) is 8.55. The SMILES string of the molecule is IC1CN(c2cccc3cnccc23)CCN1. The van der Waals surface area contributed by atoms with Gasteiger partial charge in [0.1, 0.15) is 0 Å². The van der Waals surface area contributed by atoms with E-state index in [4.69, 9.17) is 0 Å². The lowest BCUT2D eigenvalue weighted by molar-refractivity contribution is 0.574. The number of fused-ring (bicyclic) bond motifs is 1. The third kappa shape index (κ3) is 2.24. The van der Waals surface area contributed by atoms with Crippen LogP contribution in [0.2, 0.25) is 0 Å². The van der Waals surface area contributed by atoms with Crippen molar-refractivity contribution in [2.75, 3.05) is 24.5 Å². The summed E-state index contributed by atoms with van der Waals surface area (Å²) in [5.74, 6) is 0. The zero-order chi connectivity index (χ0) is 11.7. The van der Waals surface area contributed by atoms with Crippen molar-refractivity contribution in [3.63, 3.8) is 0 Å². The summed E-state index contributed by atoms with van der Waals surface area (Å²) in [5, 5.41) is 5.98. The van der Waals surface area contributed by atoms with Gasteiger partial charge in [-0.25, -0.2) is 0 Å². The van der Waals surface area contributed by atoms with Crippen molar-refractivity contribution in [2.24, 2.45) is 0 Å². The molecule has 0 amide bonds. The van der Waals surface area contributed by atoms with Crippen molar-refractivity contribution in [2.45, 2.75) is 4.05 Å². The van der Waals surface area contributed by atoms with Crippen LogP contribution in [-0.4, -0.2) is 28.7 Å². The minimum Gasteiger partial charge on any atom is -0.367 e. The number of pyridine rings is 1. The number of aromatic nitrogens is 1. The zero-order valence-corrected chi connectivity index (χ0v) is 11.6. The average molecular weight is 339 g/mol. The highest BCUT2D eigenvalue weighted by Gasteiger charge is 2.18. The maximum Gasteiger partial charge on any atom is 0.0771 e. The molecule has 1 aromatic carbocycles. The first-order valence-electron chi connectivity index (χ1n) is 5.80. The lowest BCUT2D eigenvalue weighted by Gasteiger charge is -2.33. The Bertz CT molecular complexity index is 524. The highest BCUT2D eigenvalue weighted by atomic mass is 127. The number of piperazine rings is 1. The minimum absolute atomic E-state index is 0.526. The molecule has 3 rings (SSSR count). The van der Waals surface area contributed by atoms with E-state index in [0.717, 1.165) is 19.6 Å². The predicted octanol–water partition coefficient (Wildman–Crippen LogP) is 2.41. The molecule has 4 heteroatoms. The van der Waals surface area contributed by atoms with E-state index in [1.165, 1.54) is 16.5 Å². The third-order valence-electron chi connectivity index (χ3n) is 3.13. The van der Waals surface area contributed by atoms with Gasteiger partial charge in [-0.15, -0.1) is 0 Å². The Morgan fingerprint density at radius 2 is 2.29 bits per heavy atom. The maximum atomic E-state index is 4.18. The second-order valence-corrected chi connectivity index (χ2v) is 5.75. The van der Waals surface area contributed by atoms with E-state index in [2.05, 4.69) is 62.1 Å². The van der Waals surface area contributed by atoms with Crippen molar-refractivity contribution in [3.05, 3.63) is 36.7 Å². The number of anilines is 1. The summed E-state index contributed by atoms with van der Waals surface area (Å²) >= 11 is 2.46. The number of alkyl halides is 1. The van der Waals surface area contributed by atoms with E-state index in [9.17, 15) is 0 Å². The Morgan fingerprint density at radius 3 is 3.18 bits per heavy atom. The van der Waals surface area contributed by atoms with Crippen molar-refractivity contribution < 1.29 is 0 Å². The highest BCUT2D eigenvalue weighted by molar-refractivity contribution is 14.1. The fraction of sp³-hybridized carbons (Fsp3) is 0.308. The molecule has 1 N–H and O–H groups in total. The fourth-order valence-electron chi connectivity index (χ4n) is 2.31. The lowest BCUT2D eigenvalue weighted by Crippen LogP contribution is -2.47. The summed E-state index contributed by atoms with van der Waals surface area (Å²) in [5.41, 5.74) is 1.33. The lowest BCUT2D eigenvalue weighted by atomic mass is 10.1. The summed E-state index contributed by atoms with van der Waals surface area (Å²) < 4.78 is 0.526. The van der Waals surface area contributed by atoms with Gasteiger partial charge < -0.3 is 10.2 Å². The first-order chi connectivity index (χ1) is 8.34. The molecule has 2 heterocycles. The minimum atomic E-state index is 0.526. The van der Waals surface area contributed by atoms with Crippen molar-refractivity contribution >= 4 is 39.1 Å². The summed E-state index contributed by atoms with van der Waals surface area (Å²) in [6.07, 6.45) is 3.80. The molecule has 17 heavy (non-hydrogen) atoms. The quantitative estimate of drug-likeness (QED) is 0.491. The van der Waals surface area contributed by atoms with Crippen LogP contribution in [0.1, 0.15) is 0 Å². The van der Waals surface area contributed by atoms with Crippen LogP contribution >= 0.6 is 22.6 Å². The number of rotatable bonds is 1. The normalized spacial score (nSPS) is 20.8. The van der Waals surface area contributed by atoms with Crippen LogP contribution in [-0.2, 0) is 0 Å². The van der Waals surface area contributed by atoms with Crippen LogP contribution in [0.15, 0.2) is 36.7 Å². The molecule has 1 unspecified atom stereocenters. The molecular weight excluding hydrogens is 325 g/mol. The molecular formula is C13H14IN3. The van der Waals surface area contributed by atoms with E-state index in [0.29, 0.717) is 4.05 Å². The molecule has 1 aliphatic heterocycles. The Hall–Kier alpha value is -0.880. The molecule has 0 saturated carbocycles. The second kappa shape index (κ2) is 4.78. The monoisotopic (exact) mass is 339 g/mol. The van der Waals surface area contributed by atoms with Gasteiger partial charge in [0.25, 0.3) is 0 Å². The van der Waals surface area contributed by atoms with Crippen LogP contribution in [0.25, 0.3) is 10.8 Å². The first-order valence-corrected chi connectivity index (χ1v) is 7.04. The highest BCUT2D eigenvalue weighted by Crippen LogP contribution is 2.27. The largest absolute Gasteiger partial charge is 0.367 e. The van der Waals surface area contributed by atoms with E-state index in [1.54, 1.807) is 0 Å². The molecule has 0 bridgehead atoms. The Labute approximate surface area is 114 Å². The van der Waals surface area contributed by atoms with Gasteiger partial charge in [-0.05, 0) is 12.1 Å². The Morgan fingerprint density at radius 1 is 1.35 bits per heavy atom. The van der Waals surface area contributed by atoms with Crippen LogP contribution < -0.4 is 10.2 Å². The third-order valence-corrected chi connectivity index (χ3v) is 3.96. The molecule has 1 aromatic heterocycles. The summed E-state index contributed by atoms with van der Waals surface area (Å²) in [7, 11) is 0. The molecule has 0 aliphatic carbocycles. The van der Waals surface area contributed by atoms with Gasteiger partial charge in [0, 0.05) is 48.5 Å². The van der Waals surface area contributed by atoms with E-state index >= 15 is 0 Å². The van der Waals surface area contributed by atoms with Gasteiger partial charge in [-0.2, -0.15) is 0 Å². The van der Waals surface area contributed by atoms with Gasteiger partial charge in [-0.1, -0.05) is 34.7 Å². The Balaban J connectivity index is 2.04. The van der Waals surface area contributed by atoms with Gasteiger partial charge in [0.15, 0.2) is 0 Å². The van der Waals surface area contributed by atoms with E-state index < -0.39 is 0 Å². The average Bonchev–Trinajstić information content (AvgIpc) is 2.38. The van der Waals surface area contributed by atoms with E-state index in [-0.39, 0.29) is 0 Å². The second-order valence-electron chi connectivity index (χ2n) is 4.24. The summed E-state index contributed by atoms with van der Waals surface area (Å²) in [4.78, 5) is 6.64. The smallest absolute Gasteiger partial charge is 0.0771 e. The molecule has 1 saturated heterocycles. The molecule has 2 aromatic rings. The summed E-state index contributed by atoms with van der Waals surface area (Å²) in [6.45, 7) is 3.18. The molecule has 1 atom stereocenters. The van der Waals surface area contributed by atoms with Crippen LogP contribution in [0.5, 0.6) is 0 Å². The van der Waals surface area contributed by atoms with Crippen molar-refractivity contribution in [1.29, 1.82) is 0 Å². The molecule has 88 valence electrons.